The lowest BCUT2D eigenvalue weighted by Gasteiger charge is -2.05. The number of carbonyl (C=O) groups excluding carboxylic acids is 1. The van der Waals surface area contributed by atoms with E-state index in [0.717, 1.165) is 21.9 Å². The molecule has 2 aromatic heterocycles. The molecule has 28 heavy (non-hydrogen) atoms. The van der Waals surface area contributed by atoms with Crippen molar-refractivity contribution in [2.75, 3.05) is 12.4 Å². The summed E-state index contributed by atoms with van der Waals surface area (Å²) >= 11 is 2.92. The third kappa shape index (κ3) is 4.36. The molecular weight excluding hydrogens is 392 g/mol. The number of ketones is 1. The number of nitrogens with one attached hydrogen (secondary N) is 1. The topological polar surface area (TPSA) is 62.4 Å². The number of ether oxygens (including phenoxy) is 1. The second-order valence-electron chi connectivity index (χ2n) is 6.11. The number of aromatic nitrogens is 2. The minimum absolute atomic E-state index is 0.000394. The van der Waals surface area contributed by atoms with Gasteiger partial charge < -0.3 is 4.74 Å². The predicted octanol–water partition coefficient (Wildman–Crippen LogP) is 4.00. The SMILES string of the molecule is C=CCn1c(SCC(=O)c2ccc(OCC)cc2)[nH+]c2sc(CC)cc2c1=O. The van der Waals surface area contributed by atoms with Crippen molar-refractivity contribution in [3.05, 3.63) is 63.8 Å². The molecule has 0 saturated heterocycles. The summed E-state index contributed by atoms with van der Waals surface area (Å²) in [6, 6.07) is 9.07. The molecule has 0 radical (unpaired) electrons. The molecule has 0 saturated carbocycles. The van der Waals surface area contributed by atoms with Crippen LogP contribution in [0.3, 0.4) is 0 Å². The average Bonchev–Trinajstić information content (AvgIpc) is 3.13. The zero-order chi connectivity index (χ0) is 20.1. The number of thioether (sulfide) groups is 1. The van der Waals surface area contributed by atoms with E-state index < -0.39 is 0 Å². The standard InChI is InChI=1S/C21H22N2O3S2/c1-4-11-23-20(25)17-12-16(5-2)28-19(17)22-21(23)27-13-18(24)14-7-9-15(10-8-14)26-6-3/h4,7-10,12H,1,5-6,11,13H2,2-3H3/p+1. The van der Waals surface area contributed by atoms with E-state index in [-0.39, 0.29) is 17.1 Å². The number of allylic oxidation sites excluding steroid dienone is 1. The molecule has 0 unspecified atom stereocenters. The van der Waals surface area contributed by atoms with Crippen LogP contribution in [0, 0.1) is 0 Å². The van der Waals surface area contributed by atoms with Gasteiger partial charge in [-0.1, -0.05) is 30.9 Å². The molecule has 1 N–H and O–H groups in total. The van der Waals surface area contributed by atoms with Crippen LogP contribution < -0.4 is 15.3 Å². The summed E-state index contributed by atoms with van der Waals surface area (Å²) in [4.78, 5) is 30.8. The number of Topliss-reactive ketones (excluding diaryl/α,β-unsaturated/α-hetero) is 1. The Morgan fingerprint density at radius 3 is 2.71 bits per heavy atom. The molecule has 5 nitrogen and oxygen atoms in total. The summed E-state index contributed by atoms with van der Waals surface area (Å²) in [6.45, 7) is 8.71. The van der Waals surface area contributed by atoms with E-state index in [4.69, 9.17) is 4.74 Å². The highest BCUT2D eigenvalue weighted by atomic mass is 32.2. The highest BCUT2D eigenvalue weighted by molar-refractivity contribution is 7.99. The smallest absolute Gasteiger partial charge is 0.347 e. The van der Waals surface area contributed by atoms with Crippen LogP contribution in [0.15, 0.2) is 52.9 Å². The van der Waals surface area contributed by atoms with Gasteiger partial charge in [0.2, 0.25) is 0 Å². The van der Waals surface area contributed by atoms with Gasteiger partial charge in [-0.3, -0.25) is 4.79 Å². The predicted molar refractivity (Wildman–Crippen MR) is 115 cm³/mol. The average molecular weight is 416 g/mol. The number of aromatic amines is 1. The van der Waals surface area contributed by atoms with Crippen molar-refractivity contribution in [3.8, 4) is 5.75 Å². The van der Waals surface area contributed by atoms with E-state index >= 15 is 0 Å². The maximum absolute atomic E-state index is 12.9. The van der Waals surface area contributed by atoms with Crippen molar-refractivity contribution in [2.45, 2.75) is 32.0 Å². The zero-order valence-electron chi connectivity index (χ0n) is 16.0. The molecule has 3 rings (SSSR count). The summed E-state index contributed by atoms with van der Waals surface area (Å²) in [5.74, 6) is 0.979. The molecule has 2 heterocycles. The summed E-state index contributed by atoms with van der Waals surface area (Å²) in [5, 5.41) is 1.35. The van der Waals surface area contributed by atoms with Gasteiger partial charge in [0.25, 0.3) is 0 Å². The van der Waals surface area contributed by atoms with Gasteiger partial charge in [-0.05, 0) is 55.4 Å². The first-order valence-electron chi connectivity index (χ1n) is 9.15. The number of carbonyl (C=O) groups is 1. The molecule has 0 spiro atoms. The molecule has 0 aliphatic heterocycles. The van der Waals surface area contributed by atoms with Crippen LogP contribution in [-0.2, 0) is 13.0 Å². The summed E-state index contributed by atoms with van der Waals surface area (Å²) in [5.41, 5.74) is 0.569. The maximum atomic E-state index is 12.9. The fourth-order valence-electron chi connectivity index (χ4n) is 2.80. The monoisotopic (exact) mass is 415 g/mol. The molecule has 146 valence electrons. The van der Waals surface area contributed by atoms with Crippen LogP contribution in [0.4, 0.5) is 0 Å². The Morgan fingerprint density at radius 2 is 2.07 bits per heavy atom. The van der Waals surface area contributed by atoms with Gasteiger partial charge in [-0.25, -0.2) is 9.78 Å². The fourth-order valence-corrected chi connectivity index (χ4v) is 4.77. The lowest BCUT2D eigenvalue weighted by molar-refractivity contribution is -0.404. The van der Waals surface area contributed by atoms with Crippen LogP contribution in [-0.4, -0.2) is 22.7 Å². The number of aryl methyl sites for hydroxylation is 1. The summed E-state index contributed by atoms with van der Waals surface area (Å²) in [7, 11) is 0. The number of rotatable bonds is 9. The molecule has 3 aromatic rings. The lowest BCUT2D eigenvalue weighted by atomic mass is 10.1. The largest absolute Gasteiger partial charge is 0.494 e. The van der Waals surface area contributed by atoms with E-state index in [0.29, 0.717) is 29.3 Å². The second-order valence-corrected chi connectivity index (χ2v) is 8.21. The Bertz CT molecular complexity index is 1050. The van der Waals surface area contributed by atoms with Crippen molar-refractivity contribution in [2.24, 2.45) is 0 Å². The molecular formula is C21H23N2O3S2+. The van der Waals surface area contributed by atoms with Crippen LogP contribution in [0.1, 0.15) is 29.1 Å². The van der Waals surface area contributed by atoms with Crippen LogP contribution in [0.5, 0.6) is 5.75 Å². The first kappa shape index (κ1) is 20.4. The van der Waals surface area contributed by atoms with Crippen LogP contribution >= 0.6 is 23.1 Å². The number of nitrogens with zero attached hydrogens (tertiary/aromatic N) is 1. The highest BCUT2D eigenvalue weighted by Gasteiger charge is 2.21. The zero-order valence-corrected chi connectivity index (χ0v) is 17.6. The van der Waals surface area contributed by atoms with Gasteiger partial charge in [-0.2, -0.15) is 4.57 Å². The number of hydrogen-bond donors (Lipinski definition) is 0. The van der Waals surface area contributed by atoms with Crippen LogP contribution in [0.25, 0.3) is 10.2 Å². The van der Waals surface area contributed by atoms with E-state index in [2.05, 4.69) is 18.5 Å². The number of hydrogen-bond acceptors (Lipinski definition) is 5. The Morgan fingerprint density at radius 1 is 1.32 bits per heavy atom. The normalized spacial score (nSPS) is 10.9. The third-order valence-corrected chi connectivity index (χ3v) is 6.41. The summed E-state index contributed by atoms with van der Waals surface area (Å²) < 4.78 is 7.05. The minimum atomic E-state index is -0.0550. The van der Waals surface area contributed by atoms with Gasteiger partial charge in [0, 0.05) is 10.4 Å². The van der Waals surface area contributed by atoms with Crippen molar-refractivity contribution < 1.29 is 14.5 Å². The molecule has 0 aliphatic rings. The Balaban J connectivity index is 1.84. The Hall–Kier alpha value is -2.38. The molecule has 0 bridgehead atoms. The lowest BCUT2D eigenvalue weighted by Crippen LogP contribution is -2.29. The van der Waals surface area contributed by atoms with Gasteiger partial charge in [0.15, 0.2) is 10.6 Å². The molecule has 1 aromatic carbocycles. The summed E-state index contributed by atoms with van der Waals surface area (Å²) in [6.07, 6.45) is 2.57. The Labute approximate surface area is 172 Å². The third-order valence-electron chi connectivity index (χ3n) is 4.21. The van der Waals surface area contributed by atoms with Gasteiger partial charge in [-0.15, -0.1) is 0 Å². The highest BCUT2D eigenvalue weighted by Crippen LogP contribution is 2.23. The van der Waals surface area contributed by atoms with Gasteiger partial charge in [0.05, 0.1) is 12.4 Å². The number of thiophene rings is 1. The van der Waals surface area contributed by atoms with Crippen molar-refractivity contribution >= 4 is 39.1 Å². The number of fused-ring (bicyclic) bond motifs is 1. The molecule has 0 fully saturated rings. The Kier molecular flexibility index (Phi) is 6.70. The second kappa shape index (κ2) is 9.21. The van der Waals surface area contributed by atoms with Crippen LogP contribution in [0.2, 0.25) is 0 Å². The molecule has 0 aliphatic carbocycles. The van der Waals surface area contributed by atoms with E-state index in [9.17, 15) is 9.59 Å². The van der Waals surface area contributed by atoms with Crippen molar-refractivity contribution in [1.82, 2.24) is 4.57 Å². The van der Waals surface area contributed by atoms with E-state index in [1.165, 1.54) is 11.8 Å². The number of benzene rings is 1. The van der Waals surface area contributed by atoms with E-state index in [1.807, 2.05) is 13.0 Å². The van der Waals surface area contributed by atoms with Gasteiger partial charge in [0.1, 0.15) is 17.7 Å². The van der Waals surface area contributed by atoms with Crippen molar-refractivity contribution in [1.29, 1.82) is 0 Å². The first-order valence-corrected chi connectivity index (χ1v) is 11.0. The maximum Gasteiger partial charge on any atom is 0.347 e. The fraction of sp³-hybridized carbons (Fsp3) is 0.286. The van der Waals surface area contributed by atoms with Crippen molar-refractivity contribution in [3.63, 3.8) is 0 Å². The van der Waals surface area contributed by atoms with Gasteiger partial charge >= 0.3 is 10.7 Å². The molecule has 0 atom stereocenters. The quantitative estimate of drug-likeness (QED) is 0.229. The minimum Gasteiger partial charge on any atom is -0.494 e. The number of H-pyrrole nitrogens is 1. The van der Waals surface area contributed by atoms with E-state index in [1.54, 1.807) is 46.2 Å². The molecule has 0 amide bonds. The first-order chi connectivity index (χ1) is 13.6. The molecule has 7 heteroatoms.